The Hall–Kier alpha value is -4.01. The molecule has 0 unspecified atom stereocenters. The van der Waals surface area contributed by atoms with E-state index in [2.05, 4.69) is 10.3 Å². The number of carbonyl (C=O) groups excluding carboxylic acids is 1. The van der Waals surface area contributed by atoms with Gasteiger partial charge in [-0.1, -0.05) is 0 Å². The Morgan fingerprint density at radius 2 is 1.67 bits per heavy atom. The number of aromatic nitrogens is 2. The maximum absolute atomic E-state index is 12.6. The van der Waals surface area contributed by atoms with Gasteiger partial charge in [-0.15, -0.1) is 0 Å². The van der Waals surface area contributed by atoms with Gasteiger partial charge in [0.2, 0.25) is 5.75 Å². The maximum atomic E-state index is 12.6. The van der Waals surface area contributed by atoms with E-state index in [0.29, 0.717) is 35.1 Å². The van der Waals surface area contributed by atoms with Gasteiger partial charge in [0.15, 0.2) is 11.5 Å². The van der Waals surface area contributed by atoms with Gasteiger partial charge in [0, 0.05) is 30.3 Å². The van der Waals surface area contributed by atoms with Gasteiger partial charge in [0.05, 0.1) is 40.0 Å². The average Bonchev–Trinajstić information content (AvgIpc) is 2.84. The first-order chi connectivity index (χ1) is 16.0. The molecule has 0 saturated carbocycles. The molecule has 33 heavy (non-hydrogen) atoms. The van der Waals surface area contributed by atoms with Crippen LogP contribution in [0.25, 0.3) is 11.3 Å². The molecular weight excluding hydrogens is 426 g/mol. The van der Waals surface area contributed by atoms with Gasteiger partial charge in [-0.05, 0) is 43.3 Å². The number of hydrogen-bond acceptors (Lipinski definition) is 7. The molecule has 3 aromatic rings. The second kappa shape index (κ2) is 11.0. The fourth-order valence-corrected chi connectivity index (χ4v) is 3.24. The molecule has 0 saturated heterocycles. The van der Waals surface area contributed by atoms with E-state index in [1.54, 1.807) is 12.1 Å². The lowest BCUT2D eigenvalue weighted by Crippen LogP contribution is -2.30. The van der Waals surface area contributed by atoms with Gasteiger partial charge >= 0.3 is 0 Å². The molecule has 1 aromatic heterocycles. The topological polar surface area (TPSA) is 101 Å². The Morgan fingerprint density at radius 1 is 1.00 bits per heavy atom. The summed E-state index contributed by atoms with van der Waals surface area (Å²) >= 11 is 0. The Bertz CT molecular complexity index is 1130. The summed E-state index contributed by atoms with van der Waals surface area (Å²) in [5, 5.41) is 2.79. The largest absolute Gasteiger partial charge is 0.494 e. The minimum absolute atomic E-state index is 0.212. The molecule has 0 spiro atoms. The van der Waals surface area contributed by atoms with Crippen LogP contribution in [0.1, 0.15) is 17.3 Å². The number of hydrogen-bond donors (Lipinski definition) is 1. The zero-order valence-electron chi connectivity index (χ0n) is 19.1. The SMILES string of the molecule is CCOc1ccc(-c2cc(=O)n(CCNC(=O)c3cc(OC)c(OC)c(OC)c3)cn2)cc1. The third kappa shape index (κ3) is 5.62. The first-order valence-corrected chi connectivity index (χ1v) is 10.4. The Kier molecular flexibility index (Phi) is 7.91. The maximum Gasteiger partial charge on any atom is 0.253 e. The normalized spacial score (nSPS) is 10.4. The number of nitrogens with one attached hydrogen (secondary N) is 1. The molecule has 0 aliphatic heterocycles. The fourth-order valence-electron chi connectivity index (χ4n) is 3.24. The zero-order chi connectivity index (χ0) is 23.8. The number of ether oxygens (including phenoxy) is 4. The van der Waals surface area contributed by atoms with Gasteiger partial charge in [-0.2, -0.15) is 0 Å². The van der Waals surface area contributed by atoms with Crippen LogP contribution >= 0.6 is 0 Å². The number of methoxy groups -OCH3 is 3. The molecule has 1 N–H and O–H groups in total. The van der Waals surface area contributed by atoms with Crippen molar-refractivity contribution in [3.8, 4) is 34.3 Å². The van der Waals surface area contributed by atoms with Crippen molar-refractivity contribution in [3.05, 3.63) is 64.7 Å². The molecule has 0 aliphatic carbocycles. The minimum Gasteiger partial charge on any atom is -0.494 e. The quantitative estimate of drug-likeness (QED) is 0.504. The highest BCUT2D eigenvalue weighted by Gasteiger charge is 2.16. The molecule has 2 aromatic carbocycles. The number of benzene rings is 2. The summed E-state index contributed by atoms with van der Waals surface area (Å²) in [4.78, 5) is 29.5. The third-order valence-electron chi connectivity index (χ3n) is 4.91. The molecule has 1 amide bonds. The summed E-state index contributed by atoms with van der Waals surface area (Å²) in [7, 11) is 4.46. The van der Waals surface area contributed by atoms with E-state index in [0.717, 1.165) is 11.3 Å². The molecule has 1 heterocycles. The van der Waals surface area contributed by atoms with Gasteiger partial charge in [0.1, 0.15) is 5.75 Å². The summed E-state index contributed by atoms with van der Waals surface area (Å²) in [5.74, 6) is 1.60. The lowest BCUT2D eigenvalue weighted by molar-refractivity contribution is 0.0951. The van der Waals surface area contributed by atoms with Crippen molar-refractivity contribution in [3.63, 3.8) is 0 Å². The fraction of sp³-hybridized carbons (Fsp3) is 0.292. The molecular formula is C24H27N3O6. The summed E-state index contributed by atoms with van der Waals surface area (Å²) < 4.78 is 22.7. The lowest BCUT2D eigenvalue weighted by atomic mass is 10.1. The molecule has 0 atom stereocenters. The van der Waals surface area contributed by atoms with E-state index < -0.39 is 0 Å². The van der Waals surface area contributed by atoms with E-state index in [9.17, 15) is 9.59 Å². The highest BCUT2D eigenvalue weighted by molar-refractivity contribution is 5.95. The smallest absolute Gasteiger partial charge is 0.253 e. The molecule has 0 aliphatic rings. The average molecular weight is 453 g/mol. The number of amides is 1. The predicted molar refractivity (Wildman–Crippen MR) is 124 cm³/mol. The Morgan fingerprint density at radius 3 is 2.21 bits per heavy atom. The predicted octanol–water partition coefficient (Wildman–Crippen LogP) is 2.76. The van der Waals surface area contributed by atoms with E-state index >= 15 is 0 Å². The van der Waals surface area contributed by atoms with E-state index in [1.807, 2.05) is 31.2 Å². The van der Waals surface area contributed by atoms with Crippen LogP contribution in [0.15, 0.2) is 53.6 Å². The van der Waals surface area contributed by atoms with Gasteiger partial charge in [-0.25, -0.2) is 4.98 Å². The Balaban J connectivity index is 1.65. The van der Waals surface area contributed by atoms with Gasteiger partial charge < -0.3 is 24.3 Å². The summed E-state index contributed by atoms with van der Waals surface area (Å²) in [6.45, 7) is 3.01. The molecule has 3 rings (SSSR count). The summed E-state index contributed by atoms with van der Waals surface area (Å²) in [6, 6.07) is 12.0. The van der Waals surface area contributed by atoms with E-state index in [4.69, 9.17) is 18.9 Å². The van der Waals surface area contributed by atoms with Crippen LogP contribution < -0.4 is 29.8 Å². The first-order valence-electron chi connectivity index (χ1n) is 10.4. The number of rotatable bonds is 10. The van der Waals surface area contributed by atoms with Crippen molar-refractivity contribution in [1.82, 2.24) is 14.9 Å². The van der Waals surface area contributed by atoms with E-state index in [1.165, 1.54) is 38.3 Å². The first kappa shape index (κ1) is 23.6. The minimum atomic E-state index is -0.332. The number of carbonyl (C=O) groups is 1. The third-order valence-corrected chi connectivity index (χ3v) is 4.91. The van der Waals surface area contributed by atoms with Crippen LogP contribution in [-0.4, -0.2) is 49.9 Å². The number of nitrogens with zero attached hydrogens (tertiary/aromatic N) is 2. The standard InChI is InChI=1S/C24H27N3O6/c1-5-33-18-8-6-16(7-9-18)19-14-22(28)27(15-26-19)11-10-25-24(29)17-12-20(30-2)23(32-4)21(13-17)31-3/h6-9,12-15H,5,10-11H2,1-4H3,(H,25,29). The van der Waals surface area contributed by atoms with Crippen molar-refractivity contribution in [1.29, 1.82) is 0 Å². The highest BCUT2D eigenvalue weighted by atomic mass is 16.5. The highest BCUT2D eigenvalue weighted by Crippen LogP contribution is 2.38. The van der Waals surface area contributed by atoms with Gasteiger partial charge in [0.25, 0.3) is 11.5 Å². The summed E-state index contributed by atoms with van der Waals surface area (Å²) in [5.41, 5.74) is 1.52. The molecule has 9 heteroatoms. The molecule has 0 fully saturated rings. The van der Waals surface area contributed by atoms with Crippen molar-refractivity contribution < 1.29 is 23.7 Å². The van der Waals surface area contributed by atoms with Crippen LogP contribution in [-0.2, 0) is 6.54 Å². The Labute approximate surface area is 191 Å². The molecule has 0 bridgehead atoms. The second-order valence-corrected chi connectivity index (χ2v) is 6.93. The van der Waals surface area contributed by atoms with Crippen molar-refractivity contribution >= 4 is 5.91 Å². The van der Waals surface area contributed by atoms with Crippen LogP contribution in [0.5, 0.6) is 23.0 Å². The van der Waals surface area contributed by atoms with E-state index in [-0.39, 0.29) is 24.6 Å². The second-order valence-electron chi connectivity index (χ2n) is 6.93. The summed E-state index contributed by atoms with van der Waals surface area (Å²) in [6.07, 6.45) is 1.47. The van der Waals surface area contributed by atoms with Crippen LogP contribution in [0.4, 0.5) is 0 Å². The molecule has 174 valence electrons. The van der Waals surface area contributed by atoms with Crippen LogP contribution in [0.2, 0.25) is 0 Å². The zero-order valence-corrected chi connectivity index (χ0v) is 19.1. The van der Waals surface area contributed by atoms with Gasteiger partial charge in [-0.3, -0.25) is 14.2 Å². The lowest BCUT2D eigenvalue weighted by Gasteiger charge is -2.14. The van der Waals surface area contributed by atoms with Crippen LogP contribution in [0, 0.1) is 0 Å². The van der Waals surface area contributed by atoms with Crippen molar-refractivity contribution in [2.75, 3.05) is 34.5 Å². The molecule has 0 radical (unpaired) electrons. The van der Waals surface area contributed by atoms with Crippen LogP contribution in [0.3, 0.4) is 0 Å². The van der Waals surface area contributed by atoms with Crippen molar-refractivity contribution in [2.45, 2.75) is 13.5 Å². The van der Waals surface area contributed by atoms with Crippen molar-refractivity contribution in [2.24, 2.45) is 0 Å². The molecule has 9 nitrogen and oxygen atoms in total. The monoisotopic (exact) mass is 453 g/mol.